The molecule has 0 aliphatic carbocycles. The van der Waals surface area contributed by atoms with Crippen molar-refractivity contribution >= 4 is 24.4 Å². The fourth-order valence-corrected chi connectivity index (χ4v) is 1.99. The Bertz CT molecular complexity index is 285. The van der Waals surface area contributed by atoms with E-state index in [-0.39, 0.29) is 25.0 Å². The van der Waals surface area contributed by atoms with Gasteiger partial charge in [-0.1, -0.05) is 6.42 Å². The Morgan fingerprint density at radius 2 is 1.95 bits per heavy atom. The number of nitrogens with two attached hydrogens (primary N) is 1. The summed E-state index contributed by atoms with van der Waals surface area (Å²) in [6.07, 6.45) is 3.17. The molecular weight excluding hydrogens is 274 g/mol. The molecule has 0 aromatic carbocycles. The molecule has 3 N–H and O–H groups in total. The normalized spacial score (nSPS) is 17.1. The van der Waals surface area contributed by atoms with Gasteiger partial charge in [-0.2, -0.15) is 0 Å². The Balaban J connectivity index is 0.00000324. The van der Waals surface area contributed by atoms with Crippen LogP contribution in [0.5, 0.6) is 0 Å². The maximum Gasteiger partial charge on any atom is 0.336 e. The number of hydroxylamine groups is 1. The fourth-order valence-electron chi connectivity index (χ4n) is 1.99. The molecule has 0 bridgehead atoms. The number of amides is 2. The lowest BCUT2D eigenvalue weighted by atomic mass is 10.1. The van der Waals surface area contributed by atoms with Crippen molar-refractivity contribution in [3.05, 3.63) is 0 Å². The summed E-state index contributed by atoms with van der Waals surface area (Å²) >= 11 is 0. The molecule has 0 aromatic rings. The van der Waals surface area contributed by atoms with Gasteiger partial charge in [-0.15, -0.1) is 12.4 Å². The van der Waals surface area contributed by atoms with Gasteiger partial charge >= 0.3 is 12.0 Å². The number of nitrogens with one attached hydrogen (secondary N) is 1. The third-order valence-electron chi connectivity index (χ3n) is 2.69. The number of urea groups is 1. The number of hydrogen-bond donors (Lipinski definition) is 2. The van der Waals surface area contributed by atoms with Crippen molar-refractivity contribution in [1.82, 2.24) is 10.4 Å². The molecule has 1 fully saturated rings. The van der Waals surface area contributed by atoms with Crippen LogP contribution in [0.4, 0.5) is 4.79 Å². The SMILES string of the molecule is CC(=O)OC(CONC(N)=O)CN1CCCCC1.Cl. The Morgan fingerprint density at radius 1 is 1.32 bits per heavy atom. The number of piperidine rings is 1. The molecule has 1 aliphatic heterocycles. The molecule has 0 saturated carbocycles. The summed E-state index contributed by atoms with van der Waals surface area (Å²) in [5, 5.41) is 0. The number of halogens is 1. The average Bonchev–Trinajstić information content (AvgIpc) is 2.28. The van der Waals surface area contributed by atoms with Crippen LogP contribution >= 0.6 is 12.4 Å². The molecule has 0 aromatic heterocycles. The van der Waals surface area contributed by atoms with Gasteiger partial charge in [0.1, 0.15) is 12.7 Å². The van der Waals surface area contributed by atoms with E-state index in [0.717, 1.165) is 25.9 Å². The minimum atomic E-state index is -0.769. The summed E-state index contributed by atoms with van der Waals surface area (Å²) in [4.78, 5) is 28.5. The van der Waals surface area contributed by atoms with E-state index in [2.05, 4.69) is 4.90 Å². The lowest BCUT2D eigenvalue weighted by molar-refractivity contribution is -0.151. The van der Waals surface area contributed by atoms with Crippen molar-refractivity contribution in [1.29, 1.82) is 0 Å². The van der Waals surface area contributed by atoms with Crippen molar-refractivity contribution in [3.63, 3.8) is 0 Å². The zero-order valence-electron chi connectivity index (χ0n) is 11.1. The van der Waals surface area contributed by atoms with Gasteiger partial charge in [0.05, 0.1) is 0 Å². The molecule has 1 unspecified atom stereocenters. The zero-order chi connectivity index (χ0) is 13.4. The molecule has 1 aliphatic rings. The Labute approximate surface area is 119 Å². The molecule has 112 valence electrons. The van der Waals surface area contributed by atoms with Gasteiger partial charge in [-0.05, 0) is 25.9 Å². The maximum absolute atomic E-state index is 11.0. The third-order valence-corrected chi connectivity index (χ3v) is 2.69. The lowest BCUT2D eigenvalue weighted by Crippen LogP contribution is -2.42. The van der Waals surface area contributed by atoms with Crippen LogP contribution in [0.25, 0.3) is 0 Å². The number of ether oxygens (including phenoxy) is 1. The number of nitrogens with zero attached hydrogens (tertiary/aromatic N) is 1. The average molecular weight is 296 g/mol. The maximum atomic E-state index is 11.0. The number of carbonyl (C=O) groups excluding carboxylic acids is 2. The van der Waals surface area contributed by atoms with Crippen molar-refractivity contribution in [2.24, 2.45) is 5.73 Å². The molecule has 8 heteroatoms. The van der Waals surface area contributed by atoms with Crippen molar-refractivity contribution in [2.75, 3.05) is 26.2 Å². The van der Waals surface area contributed by atoms with Crippen LogP contribution < -0.4 is 11.2 Å². The molecule has 0 radical (unpaired) electrons. The second-order valence-corrected chi connectivity index (χ2v) is 4.37. The van der Waals surface area contributed by atoms with E-state index in [1.54, 1.807) is 0 Å². The van der Waals surface area contributed by atoms with E-state index in [0.29, 0.717) is 6.54 Å². The van der Waals surface area contributed by atoms with Gasteiger partial charge in [0.25, 0.3) is 0 Å². The first kappa shape index (κ1) is 17.9. The van der Waals surface area contributed by atoms with Gasteiger partial charge in [-0.3, -0.25) is 14.5 Å². The van der Waals surface area contributed by atoms with E-state index in [9.17, 15) is 9.59 Å². The number of esters is 1. The number of likely N-dealkylation sites (tertiary alicyclic amines) is 1. The van der Waals surface area contributed by atoms with Crippen LogP contribution in [0.1, 0.15) is 26.2 Å². The van der Waals surface area contributed by atoms with Gasteiger partial charge in [0, 0.05) is 13.5 Å². The Morgan fingerprint density at radius 3 is 2.47 bits per heavy atom. The minimum Gasteiger partial charge on any atom is -0.459 e. The monoisotopic (exact) mass is 295 g/mol. The predicted octanol–water partition coefficient (Wildman–Crippen LogP) is 0.426. The first-order chi connectivity index (χ1) is 8.58. The van der Waals surface area contributed by atoms with Gasteiger partial charge in [-0.25, -0.2) is 10.3 Å². The van der Waals surface area contributed by atoms with Crippen molar-refractivity contribution < 1.29 is 19.2 Å². The summed E-state index contributed by atoms with van der Waals surface area (Å²) < 4.78 is 5.14. The largest absolute Gasteiger partial charge is 0.459 e. The standard InChI is InChI=1S/C11H21N3O4.ClH/c1-9(15)18-10(8-17-13-11(12)16)7-14-5-3-2-4-6-14;/h10H,2-8H2,1H3,(H3,12,13,16);1H. The highest BCUT2D eigenvalue weighted by Gasteiger charge is 2.19. The Hall–Kier alpha value is -1.05. The summed E-state index contributed by atoms with van der Waals surface area (Å²) in [5.74, 6) is -0.361. The van der Waals surface area contributed by atoms with E-state index in [1.165, 1.54) is 13.3 Å². The molecular formula is C11H22ClN3O4. The summed E-state index contributed by atoms with van der Waals surface area (Å²) in [6.45, 7) is 4.06. The molecule has 19 heavy (non-hydrogen) atoms. The number of rotatable bonds is 6. The number of carbonyl (C=O) groups is 2. The smallest absolute Gasteiger partial charge is 0.336 e. The van der Waals surface area contributed by atoms with Gasteiger partial charge in [0.15, 0.2) is 0 Å². The third kappa shape index (κ3) is 8.63. The quantitative estimate of drug-likeness (QED) is 0.547. The molecule has 1 heterocycles. The van der Waals surface area contributed by atoms with Gasteiger partial charge in [0.2, 0.25) is 0 Å². The van der Waals surface area contributed by atoms with E-state index >= 15 is 0 Å². The molecule has 1 rings (SSSR count). The molecule has 2 amide bonds. The summed E-state index contributed by atoms with van der Waals surface area (Å²) in [7, 11) is 0. The van der Waals surface area contributed by atoms with Crippen LogP contribution in [0.3, 0.4) is 0 Å². The Kier molecular flexibility index (Phi) is 9.28. The van der Waals surface area contributed by atoms with Gasteiger partial charge < -0.3 is 10.5 Å². The van der Waals surface area contributed by atoms with E-state index in [4.69, 9.17) is 15.3 Å². The highest BCUT2D eigenvalue weighted by Crippen LogP contribution is 2.10. The number of primary amides is 1. The highest BCUT2D eigenvalue weighted by molar-refractivity contribution is 5.85. The molecule has 1 atom stereocenters. The summed E-state index contributed by atoms with van der Waals surface area (Å²) in [5.41, 5.74) is 6.89. The van der Waals surface area contributed by atoms with Crippen LogP contribution in [-0.4, -0.2) is 49.2 Å². The van der Waals surface area contributed by atoms with Crippen LogP contribution in [0, 0.1) is 0 Å². The fraction of sp³-hybridized carbons (Fsp3) is 0.818. The van der Waals surface area contributed by atoms with Crippen LogP contribution in [-0.2, 0) is 14.4 Å². The molecule has 0 spiro atoms. The molecule has 7 nitrogen and oxygen atoms in total. The predicted molar refractivity (Wildman–Crippen MR) is 71.8 cm³/mol. The van der Waals surface area contributed by atoms with Crippen LogP contribution in [0.2, 0.25) is 0 Å². The van der Waals surface area contributed by atoms with Crippen molar-refractivity contribution in [2.45, 2.75) is 32.3 Å². The zero-order valence-corrected chi connectivity index (χ0v) is 11.9. The molecule has 1 saturated heterocycles. The van der Waals surface area contributed by atoms with Crippen molar-refractivity contribution in [3.8, 4) is 0 Å². The summed E-state index contributed by atoms with van der Waals surface area (Å²) in [6, 6.07) is -0.769. The van der Waals surface area contributed by atoms with E-state index < -0.39 is 12.1 Å². The first-order valence-electron chi connectivity index (χ1n) is 6.14. The second kappa shape index (κ2) is 9.82. The number of hydrogen-bond acceptors (Lipinski definition) is 5. The first-order valence-corrected chi connectivity index (χ1v) is 6.14. The van der Waals surface area contributed by atoms with E-state index in [1.807, 2.05) is 5.48 Å². The lowest BCUT2D eigenvalue weighted by Gasteiger charge is -2.29. The second-order valence-electron chi connectivity index (χ2n) is 4.37. The highest BCUT2D eigenvalue weighted by atomic mass is 35.5. The minimum absolute atomic E-state index is 0. The topological polar surface area (TPSA) is 93.9 Å². The van der Waals surface area contributed by atoms with Crippen LogP contribution in [0.15, 0.2) is 0 Å².